The molecule has 0 heterocycles. The largest absolute Gasteiger partial charge is 0.285 e. The Kier molecular flexibility index (Phi) is 5.12. The van der Waals surface area contributed by atoms with Crippen molar-refractivity contribution in [3.63, 3.8) is 0 Å². The Morgan fingerprint density at radius 1 is 1.60 bits per heavy atom. The molecule has 0 saturated heterocycles. The molecule has 0 aliphatic heterocycles. The maximum absolute atomic E-state index is 12.4. The zero-order valence-corrected chi connectivity index (χ0v) is 6.11. The topological polar surface area (TPSA) is 12.0 Å². The number of halogens is 2. The van der Waals surface area contributed by atoms with Crippen molar-refractivity contribution in [2.24, 2.45) is 0 Å². The molecule has 10 heavy (non-hydrogen) atoms. The molecule has 1 N–H and O–H groups in total. The molecular weight excluding hydrogens is 136 g/mol. The van der Waals surface area contributed by atoms with Crippen LogP contribution in [0.2, 0.25) is 0 Å². The van der Waals surface area contributed by atoms with Crippen molar-refractivity contribution in [2.75, 3.05) is 6.54 Å². The first-order valence-electron chi connectivity index (χ1n) is 3.36. The van der Waals surface area contributed by atoms with E-state index in [4.69, 9.17) is 0 Å². The fraction of sp³-hybridized carbons (Fsp3) is 0.714. The lowest BCUT2D eigenvalue weighted by molar-refractivity contribution is 0.168. The summed E-state index contributed by atoms with van der Waals surface area (Å²) in [5, 5.41) is 2.37. The molecule has 0 rings (SSSR count). The van der Waals surface area contributed by atoms with Gasteiger partial charge in [-0.1, -0.05) is 13.0 Å². The third kappa shape index (κ3) is 3.56. The average Bonchev–Trinajstić information content (AvgIpc) is 1.98. The minimum Gasteiger partial charge on any atom is -0.285 e. The molecule has 0 spiro atoms. The Bertz CT molecular complexity index is 95.6. The highest BCUT2D eigenvalue weighted by Crippen LogP contribution is 2.00. The highest BCUT2D eigenvalue weighted by Gasteiger charge is 2.14. The standard InChI is InChI=1S/C7H13F2N/c1-3-5-10-7(9)6(8)4-2/h4,6-7,10H,2-3,5H2,1H3. The van der Waals surface area contributed by atoms with Crippen molar-refractivity contribution < 1.29 is 8.78 Å². The molecule has 2 unspecified atom stereocenters. The van der Waals surface area contributed by atoms with Gasteiger partial charge < -0.3 is 0 Å². The van der Waals surface area contributed by atoms with Gasteiger partial charge in [-0.3, -0.25) is 5.32 Å². The summed E-state index contributed by atoms with van der Waals surface area (Å²) in [6.07, 6.45) is -1.44. The molecule has 0 aromatic carbocycles. The van der Waals surface area contributed by atoms with Gasteiger partial charge >= 0.3 is 0 Å². The molecule has 0 aromatic heterocycles. The summed E-state index contributed by atoms with van der Waals surface area (Å²) in [5.74, 6) is 0. The van der Waals surface area contributed by atoms with Gasteiger partial charge in [0.1, 0.15) is 0 Å². The summed E-state index contributed by atoms with van der Waals surface area (Å²) < 4.78 is 24.7. The zero-order chi connectivity index (χ0) is 7.98. The van der Waals surface area contributed by atoms with Crippen LogP contribution in [-0.2, 0) is 0 Å². The van der Waals surface area contributed by atoms with Gasteiger partial charge in [-0.15, -0.1) is 6.58 Å². The normalized spacial score (nSPS) is 16.3. The maximum atomic E-state index is 12.4. The number of hydrogen-bond acceptors (Lipinski definition) is 1. The third-order valence-electron chi connectivity index (χ3n) is 1.09. The van der Waals surface area contributed by atoms with Gasteiger partial charge in [0.25, 0.3) is 0 Å². The van der Waals surface area contributed by atoms with E-state index in [9.17, 15) is 8.78 Å². The molecule has 0 bridgehead atoms. The second-order valence-corrected chi connectivity index (χ2v) is 2.04. The predicted molar refractivity (Wildman–Crippen MR) is 38.3 cm³/mol. The van der Waals surface area contributed by atoms with E-state index in [2.05, 4.69) is 11.9 Å². The molecular formula is C7H13F2N. The molecule has 2 atom stereocenters. The zero-order valence-electron chi connectivity index (χ0n) is 6.11. The van der Waals surface area contributed by atoms with Crippen LogP contribution in [0.3, 0.4) is 0 Å². The SMILES string of the molecule is C=CC(F)C(F)NCCC. The smallest absolute Gasteiger partial charge is 0.186 e. The van der Waals surface area contributed by atoms with Crippen molar-refractivity contribution in [2.45, 2.75) is 25.8 Å². The number of hydrogen-bond donors (Lipinski definition) is 1. The van der Waals surface area contributed by atoms with Gasteiger partial charge in [-0.25, -0.2) is 8.78 Å². The van der Waals surface area contributed by atoms with Crippen LogP contribution in [0, 0.1) is 0 Å². The lowest BCUT2D eigenvalue weighted by Gasteiger charge is -2.10. The Labute approximate surface area is 60.1 Å². The van der Waals surface area contributed by atoms with Gasteiger partial charge in [0.15, 0.2) is 12.5 Å². The van der Waals surface area contributed by atoms with E-state index in [1.54, 1.807) is 0 Å². The van der Waals surface area contributed by atoms with Crippen molar-refractivity contribution in [1.82, 2.24) is 5.32 Å². The summed E-state index contributed by atoms with van der Waals surface area (Å²) >= 11 is 0. The number of alkyl halides is 2. The predicted octanol–water partition coefficient (Wildman–Crippen LogP) is 1.81. The van der Waals surface area contributed by atoms with Gasteiger partial charge in [-0.05, 0) is 13.0 Å². The lowest BCUT2D eigenvalue weighted by atomic mass is 10.3. The lowest BCUT2D eigenvalue weighted by Crippen LogP contribution is -2.32. The molecule has 60 valence electrons. The van der Waals surface area contributed by atoms with E-state index < -0.39 is 12.5 Å². The molecule has 3 heteroatoms. The average molecular weight is 149 g/mol. The molecule has 0 saturated carbocycles. The molecule has 0 amide bonds. The van der Waals surface area contributed by atoms with E-state index in [0.29, 0.717) is 6.54 Å². The summed E-state index contributed by atoms with van der Waals surface area (Å²) in [7, 11) is 0. The second-order valence-electron chi connectivity index (χ2n) is 2.04. The van der Waals surface area contributed by atoms with Crippen molar-refractivity contribution in [1.29, 1.82) is 0 Å². The minimum atomic E-state index is -1.60. The minimum absolute atomic E-state index is 0.495. The Morgan fingerprint density at radius 2 is 2.20 bits per heavy atom. The van der Waals surface area contributed by atoms with E-state index in [0.717, 1.165) is 12.5 Å². The van der Waals surface area contributed by atoms with E-state index in [1.807, 2.05) is 6.92 Å². The fourth-order valence-electron chi connectivity index (χ4n) is 0.514. The monoisotopic (exact) mass is 149 g/mol. The number of nitrogens with one attached hydrogen (secondary N) is 1. The van der Waals surface area contributed by atoms with E-state index >= 15 is 0 Å². The van der Waals surface area contributed by atoms with E-state index in [-0.39, 0.29) is 0 Å². The molecule has 0 radical (unpaired) electrons. The summed E-state index contributed by atoms with van der Waals surface area (Å²) in [6.45, 7) is 5.52. The first-order valence-corrected chi connectivity index (χ1v) is 3.36. The summed E-state index contributed by atoms with van der Waals surface area (Å²) in [6, 6.07) is 0. The quantitative estimate of drug-likeness (QED) is 0.464. The van der Waals surface area contributed by atoms with Crippen LogP contribution in [0.4, 0.5) is 8.78 Å². The highest BCUT2D eigenvalue weighted by atomic mass is 19.2. The second kappa shape index (κ2) is 5.35. The van der Waals surface area contributed by atoms with Crippen LogP contribution in [0.5, 0.6) is 0 Å². The van der Waals surface area contributed by atoms with Crippen LogP contribution >= 0.6 is 0 Å². The Morgan fingerprint density at radius 3 is 2.60 bits per heavy atom. The highest BCUT2D eigenvalue weighted by molar-refractivity contribution is 4.83. The van der Waals surface area contributed by atoms with Crippen molar-refractivity contribution in [3.8, 4) is 0 Å². The van der Waals surface area contributed by atoms with Gasteiger partial charge in [0.2, 0.25) is 0 Å². The van der Waals surface area contributed by atoms with Gasteiger partial charge in [0.05, 0.1) is 0 Å². The van der Waals surface area contributed by atoms with Gasteiger partial charge in [0, 0.05) is 0 Å². The van der Waals surface area contributed by atoms with Crippen LogP contribution in [0.25, 0.3) is 0 Å². The first kappa shape index (κ1) is 9.56. The van der Waals surface area contributed by atoms with Crippen molar-refractivity contribution in [3.05, 3.63) is 12.7 Å². The van der Waals surface area contributed by atoms with Crippen LogP contribution < -0.4 is 5.32 Å². The van der Waals surface area contributed by atoms with Crippen molar-refractivity contribution >= 4 is 0 Å². The Hall–Kier alpha value is -0.440. The van der Waals surface area contributed by atoms with Crippen LogP contribution in [0.1, 0.15) is 13.3 Å². The third-order valence-corrected chi connectivity index (χ3v) is 1.09. The molecule has 0 fully saturated rings. The van der Waals surface area contributed by atoms with Gasteiger partial charge in [-0.2, -0.15) is 0 Å². The fourth-order valence-corrected chi connectivity index (χ4v) is 0.514. The number of rotatable bonds is 5. The van der Waals surface area contributed by atoms with Crippen LogP contribution in [0.15, 0.2) is 12.7 Å². The molecule has 1 nitrogen and oxygen atoms in total. The molecule has 0 aromatic rings. The molecule has 0 aliphatic carbocycles. The maximum Gasteiger partial charge on any atom is 0.186 e. The summed E-state index contributed by atoms with van der Waals surface area (Å²) in [5.41, 5.74) is 0. The first-order chi connectivity index (χ1) is 4.72. The van der Waals surface area contributed by atoms with Crippen LogP contribution in [-0.4, -0.2) is 19.0 Å². The van der Waals surface area contributed by atoms with E-state index in [1.165, 1.54) is 0 Å². The molecule has 0 aliphatic rings. The summed E-state index contributed by atoms with van der Waals surface area (Å²) in [4.78, 5) is 0. The Balaban J connectivity index is 3.40.